The van der Waals surface area contributed by atoms with Crippen LogP contribution in [-0.2, 0) is 11.3 Å². The number of aromatic nitrogens is 1. The molecular weight excluding hydrogens is 315 g/mol. The molecule has 1 heterocycles. The highest BCUT2D eigenvalue weighted by atomic mass is 35.5. The lowest BCUT2D eigenvalue weighted by molar-refractivity contribution is -0.118. The summed E-state index contributed by atoms with van der Waals surface area (Å²) in [6.45, 7) is 0.469. The van der Waals surface area contributed by atoms with Gasteiger partial charge in [0.2, 0.25) is 5.91 Å². The second kappa shape index (κ2) is 7.53. The minimum absolute atomic E-state index is 0.0603. The van der Waals surface area contributed by atoms with Crippen molar-refractivity contribution >= 4 is 40.9 Å². The van der Waals surface area contributed by atoms with Gasteiger partial charge in [-0.1, -0.05) is 29.3 Å². The molecule has 0 saturated heterocycles. The molecule has 1 aromatic heterocycles. The molecule has 1 aromatic carbocycles. The van der Waals surface area contributed by atoms with Crippen molar-refractivity contribution in [2.45, 2.75) is 11.4 Å². The van der Waals surface area contributed by atoms with E-state index in [2.05, 4.69) is 10.3 Å². The highest BCUT2D eigenvalue weighted by Gasteiger charge is 2.06. The standard InChI is InChI=1S/C14H12Cl2N2OS/c15-11-3-4-12(16)13(6-11)20-9-14(19)18-8-10-2-1-5-17-7-10/h1-7H,8-9H2,(H,18,19). The van der Waals surface area contributed by atoms with Crippen LogP contribution in [0.25, 0.3) is 0 Å². The van der Waals surface area contributed by atoms with Gasteiger partial charge in [0, 0.05) is 28.9 Å². The number of nitrogens with zero attached hydrogens (tertiary/aromatic N) is 1. The molecule has 6 heteroatoms. The van der Waals surface area contributed by atoms with Crippen LogP contribution in [-0.4, -0.2) is 16.6 Å². The van der Waals surface area contributed by atoms with Gasteiger partial charge in [-0.25, -0.2) is 0 Å². The minimum Gasteiger partial charge on any atom is -0.351 e. The molecule has 1 N–H and O–H groups in total. The smallest absolute Gasteiger partial charge is 0.230 e. The van der Waals surface area contributed by atoms with E-state index >= 15 is 0 Å². The molecule has 0 unspecified atom stereocenters. The molecule has 0 bridgehead atoms. The molecule has 0 aliphatic rings. The molecule has 0 radical (unpaired) electrons. The largest absolute Gasteiger partial charge is 0.351 e. The molecular formula is C14H12Cl2N2OS. The average Bonchev–Trinajstić information content (AvgIpc) is 2.47. The zero-order valence-electron chi connectivity index (χ0n) is 10.5. The Bertz CT molecular complexity index is 593. The van der Waals surface area contributed by atoms with Crippen LogP contribution in [0.4, 0.5) is 0 Å². The Morgan fingerprint density at radius 1 is 1.30 bits per heavy atom. The monoisotopic (exact) mass is 326 g/mol. The number of nitrogens with one attached hydrogen (secondary N) is 1. The highest BCUT2D eigenvalue weighted by Crippen LogP contribution is 2.29. The number of halogens is 2. The van der Waals surface area contributed by atoms with Gasteiger partial charge in [0.15, 0.2) is 0 Å². The number of benzene rings is 1. The molecule has 0 atom stereocenters. The van der Waals surface area contributed by atoms with E-state index in [4.69, 9.17) is 23.2 Å². The number of rotatable bonds is 5. The van der Waals surface area contributed by atoms with Crippen LogP contribution in [0.15, 0.2) is 47.6 Å². The van der Waals surface area contributed by atoms with Crippen molar-refractivity contribution in [2.75, 3.05) is 5.75 Å². The molecule has 2 aromatic rings. The van der Waals surface area contributed by atoms with E-state index in [-0.39, 0.29) is 5.91 Å². The first-order valence-corrected chi connectivity index (χ1v) is 7.63. The highest BCUT2D eigenvalue weighted by molar-refractivity contribution is 8.00. The van der Waals surface area contributed by atoms with Crippen LogP contribution >= 0.6 is 35.0 Å². The third kappa shape index (κ3) is 4.71. The van der Waals surface area contributed by atoms with E-state index in [9.17, 15) is 4.79 Å². The number of hydrogen-bond acceptors (Lipinski definition) is 3. The van der Waals surface area contributed by atoms with Gasteiger partial charge in [0.25, 0.3) is 0 Å². The van der Waals surface area contributed by atoms with Crippen LogP contribution in [0, 0.1) is 0 Å². The predicted octanol–water partition coefficient (Wildman–Crippen LogP) is 3.80. The summed E-state index contributed by atoms with van der Waals surface area (Å²) in [4.78, 5) is 16.5. The molecule has 0 saturated carbocycles. The summed E-state index contributed by atoms with van der Waals surface area (Å²) in [6.07, 6.45) is 3.42. The zero-order chi connectivity index (χ0) is 14.4. The van der Waals surface area contributed by atoms with E-state index in [1.807, 2.05) is 12.1 Å². The number of carbonyl (C=O) groups excluding carboxylic acids is 1. The van der Waals surface area contributed by atoms with Gasteiger partial charge in [-0.05, 0) is 29.8 Å². The van der Waals surface area contributed by atoms with E-state index in [0.29, 0.717) is 22.3 Å². The van der Waals surface area contributed by atoms with Crippen molar-refractivity contribution in [3.05, 3.63) is 58.3 Å². The van der Waals surface area contributed by atoms with Crippen LogP contribution in [0.1, 0.15) is 5.56 Å². The summed E-state index contributed by atoms with van der Waals surface area (Å²) in [5.74, 6) is 0.232. The summed E-state index contributed by atoms with van der Waals surface area (Å²) in [7, 11) is 0. The topological polar surface area (TPSA) is 42.0 Å². The maximum Gasteiger partial charge on any atom is 0.230 e. The summed E-state index contributed by atoms with van der Waals surface area (Å²) >= 11 is 13.3. The van der Waals surface area contributed by atoms with Gasteiger partial charge >= 0.3 is 0 Å². The van der Waals surface area contributed by atoms with Crippen molar-refractivity contribution in [1.82, 2.24) is 10.3 Å². The van der Waals surface area contributed by atoms with Gasteiger partial charge in [-0.3, -0.25) is 9.78 Å². The number of carbonyl (C=O) groups is 1. The summed E-state index contributed by atoms with van der Waals surface area (Å²) in [5, 5.41) is 4.03. The van der Waals surface area contributed by atoms with Gasteiger partial charge < -0.3 is 5.32 Å². The first-order chi connectivity index (χ1) is 9.65. The fourth-order valence-electron chi connectivity index (χ4n) is 1.49. The molecule has 1 amide bonds. The number of amides is 1. The van der Waals surface area contributed by atoms with Gasteiger partial charge in [0.05, 0.1) is 10.8 Å². The van der Waals surface area contributed by atoms with Gasteiger partial charge in [-0.2, -0.15) is 0 Å². The van der Waals surface area contributed by atoms with E-state index < -0.39 is 0 Å². The molecule has 0 aliphatic carbocycles. The summed E-state index contributed by atoms with van der Waals surface area (Å²) in [5.41, 5.74) is 0.964. The predicted molar refractivity (Wildman–Crippen MR) is 83.3 cm³/mol. The SMILES string of the molecule is O=C(CSc1cc(Cl)ccc1Cl)NCc1cccnc1. The van der Waals surface area contributed by atoms with Crippen LogP contribution < -0.4 is 5.32 Å². The lowest BCUT2D eigenvalue weighted by Gasteiger charge is -2.06. The van der Waals surface area contributed by atoms with Gasteiger partial charge in [-0.15, -0.1) is 11.8 Å². The zero-order valence-corrected chi connectivity index (χ0v) is 12.8. The van der Waals surface area contributed by atoms with Crippen molar-refractivity contribution < 1.29 is 4.79 Å². The Hall–Kier alpha value is -1.23. The fourth-order valence-corrected chi connectivity index (χ4v) is 2.81. The maximum atomic E-state index is 11.8. The summed E-state index contributed by atoms with van der Waals surface area (Å²) in [6, 6.07) is 8.94. The Kier molecular flexibility index (Phi) is 5.71. The second-order valence-electron chi connectivity index (χ2n) is 4.00. The first kappa shape index (κ1) is 15.2. The average molecular weight is 327 g/mol. The van der Waals surface area contributed by atoms with Crippen LogP contribution in [0.5, 0.6) is 0 Å². The van der Waals surface area contributed by atoms with Crippen molar-refractivity contribution in [3.8, 4) is 0 Å². The Morgan fingerprint density at radius 3 is 2.90 bits per heavy atom. The molecule has 0 aliphatic heterocycles. The van der Waals surface area contributed by atoms with Crippen LogP contribution in [0.2, 0.25) is 10.0 Å². The Balaban J connectivity index is 1.82. The van der Waals surface area contributed by atoms with Gasteiger partial charge in [0.1, 0.15) is 0 Å². The number of thioether (sulfide) groups is 1. The third-order valence-corrected chi connectivity index (χ3v) is 4.20. The Morgan fingerprint density at radius 2 is 2.15 bits per heavy atom. The van der Waals surface area contributed by atoms with E-state index in [0.717, 1.165) is 10.5 Å². The van der Waals surface area contributed by atoms with Crippen LogP contribution in [0.3, 0.4) is 0 Å². The normalized spacial score (nSPS) is 10.3. The van der Waals surface area contributed by atoms with E-state index in [1.165, 1.54) is 11.8 Å². The second-order valence-corrected chi connectivity index (χ2v) is 5.86. The molecule has 0 spiro atoms. The first-order valence-electron chi connectivity index (χ1n) is 5.88. The van der Waals surface area contributed by atoms with Crippen molar-refractivity contribution in [1.29, 1.82) is 0 Å². The molecule has 20 heavy (non-hydrogen) atoms. The lowest BCUT2D eigenvalue weighted by Crippen LogP contribution is -2.24. The summed E-state index contributed by atoms with van der Waals surface area (Å²) < 4.78 is 0. The minimum atomic E-state index is -0.0603. The molecule has 3 nitrogen and oxygen atoms in total. The molecule has 104 valence electrons. The fraction of sp³-hybridized carbons (Fsp3) is 0.143. The third-order valence-electron chi connectivity index (χ3n) is 2.46. The quantitative estimate of drug-likeness (QED) is 0.850. The number of hydrogen-bond donors (Lipinski definition) is 1. The van der Waals surface area contributed by atoms with E-state index in [1.54, 1.807) is 30.6 Å². The molecule has 0 fully saturated rings. The maximum absolute atomic E-state index is 11.8. The van der Waals surface area contributed by atoms with Crippen molar-refractivity contribution in [2.24, 2.45) is 0 Å². The van der Waals surface area contributed by atoms with Crippen molar-refractivity contribution in [3.63, 3.8) is 0 Å². The molecule has 2 rings (SSSR count). The number of pyridine rings is 1. The Labute approximate surface area is 131 Å². The lowest BCUT2D eigenvalue weighted by atomic mass is 10.3.